The molecule has 1 N–H and O–H groups in total. The molecule has 0 radical (unpaired) electrons. The number of ether oxygens (including phenoxy) is 1. The molecule has 0 atom stereocenters. The molecular formula is C20H13N5O8. The second-order valence-corrected chi connectivity index (χ2v) is 6.34. The number of nitro benzene ring substituents is 3. The highest BCUT2D eigenvalue weighted by Crippen LogP contribution is 2.34. The summed E-state index contributed by atoms with van der Waals surface area (Å²) in [6.45, 7) is 0. The Labute approximate surface area is 184 Å². The summed E-state index contributed by atoms with van der Waals surface area (Å²) in [4.78, 5) is 42.7. The van der Waals surface area contributed by atoms with Crippen LogP contribution in [0, 0.1) is 30.3 Å². The maximum absolute atomic E-state index is 12.1. The van der Waals surface area contributed by atoms with Crippen LogP contribution in [0.4, 0.5) is 17.1 Å². The second kappa shape index (κ2) is 9.74. The van der Waals surface area contributed by atoms with Crippen molar-refractivity contribution in [1.29, 1.82) is 0 Å². The highest BCUT2D eigenvalue weighted by molar-refractivity contribution is 5.95. The average molecular weight is 451 g/mol. The van der Waals surface area contributed by atoms with Gasteiger partial charge in [0, 0.05) is 23.8 Å². The first-order chi connectivity index (χ1) is 15.7. The summed E-state index contributed by atoms with van der Waals surface area (Å²) in [6.07, 6.45) is 1.31. The fraction of sp³-hybridized carbons (Fsp3) is 0. The minimum absolute atomic E-state index is 0.0646. The Morgan fingerprint density at radius 3 is 2.15 bits per heavy atom. The third-order valence-electron chi connectivity index (χ3n) is 4.16. The van der Waals surface area contributed by atoms with Gasteiger partial charge in [0.25, 0.3) is 17.3 Å². The number of nitro groups is 3. The topological polar surface area (TPSA) is 180 Å². The van der Waals surface area contributed by atoms with Crippen LogP contribution in [0.5, 0.6) is 11.5 Å². The molecule has 0 aliphatic carbocycles. The SMILES string of the molecule is O=C(N/N=C/c1ccc(Oc2ccc([N+](=O)[O-])cc2[N+](=O)[O-])cc1)c1cccc([N+](=O)[O-])c1. The van der Waals surface area contributed by atoms with Gasteiger partial charge in [-0.05, 0) is 42.0 Å². The van der Waals surface area contributed by atoms with E-state index in [9.17, 15) is 35.1 Å². The van der Waals surface area contributed by atoms with Crippen molar-refractivity contribution in [3.05, 3.63) is 108 Å². The number of carbonyl (C=O) groups excluding carboxylic acids is 1. The summed E-state index contributed by atoms with van der Waals surface area (Å²) in [5.41, 5.74) is 1.63. The van der Waals surface area contributed by atoms with Crippen LogP contribution in [0.3, 0.4) is 0 Å². The summed E-state index contributed by atoms with van der Waals surface area (Å²) >= 11 is 0. The predicted octanol–water partition coefficient (Wildman–Crippen LogP) is 3.97. The number of benzene rings is 3. The lowest BCUT2D eigenvalue weighted by atomic mass is 10.2. The molecule has 0 fully saturated rings. The predicted molar refractivity (Wildman–Crippen MR) is 114 cm³/mol. The minimum atomic E-state index is -0.784. The summed E-state index contributed by atoms with van der Waals surface area (Å²) < 4.78 is 5.46. The van der Waals surface area contributed by atoms with Crippen molar-refractivity contribution in [3.8, 4) is 11.5 Å². The van der Waals surface area contributed by atoms with Gasteiger partial charge in [0.05, 0.1) is 27.1 Å². The Kier molecular flexibility index (Phi) is 6.64. The number of nitrogens with zero attached hydrogens (tertiary/aromatic N) is 4. The maximum Gasteiger partial charge on any atom is 0.318 e. The zero-order valence-corrected chi connectivity index (χ0v) is 16.5. The number of hydrogen-bond acceptors (Lipinski definition) is 9. The molecule has 0 saturated heterocycles. The van der Waals surface area contributed by atoms with Gasteiger partial charge in [-0.3, -0.25) is 35.1 Å². The third-order valence-corrected chi connectivity index (χ3v) is 4.16. The largest absolute Gasteiger partial charge is 0.450 e. The van der Waals surface area contributed by atoms with Gasteiger partial charge in [-0.25, -0.2) is 5.43 Å². The van der Waals surface area contributed by atoms with Crippen LogP contribution in [0.2, 0.25) is 0 Å². The fourth-order valence-corrected chi connectivity index (χ4v) is 2.59. The summed E-state index contributed by atoms with van der Waals surface area (Å²) in [5, 5.41) is 36.6. The number of amides is 1. The van der Waals surface area contributed by atoms with E-state index in [2.05, 4.69) is 10.5 Å². The number of nitrogens with one attached hydrogen (secondary N) is 1. The summed E-state index contributed by atoms with van der Waals surface area (Å²) in [7, 11) is 0. The number of rotatable bonds is 8. The maximum atomic E-state index is 12.1. The van der Waals surface area contributed by atoms with E-state index in [0.717, 1.165) is 24.3 Å². The first-order valence-corrected chi connectivity index (χ1v) is 9.03. The van der Waals surface area contributed by atoms with Gasteiger partial charge in [-0.2, -0.15) is 5.10 Å². The smallest absolute Gasteiger partial charge is 0.318 e. The van der Waals surface area contributed by atoms with E-state index in [1.807, 2.05) is 0 Å². The molecule has 0 bridgehead atoms. The van der Waals surface area contributed by atoms with Crippen molar-refractivity contribution < 1.29 is 24.3 Å². The quantitative estimate of drug-likeness (QED) is 0.303. The molecule has 0 unspecified atom stereocenters. The van der Waals surface area contributed by atoms with Crippen LogP contribution >= 0.6 is 0 Å². The second-order valence-electron chi connectivity index (χ2n) is 6.34. The lowest BCUT2D eigenvalue weighted by Crippen LogP contribution is -2.17. The van der Waals surface area contributed by atoms with Gasteiger partial charge in [0.2, 0.25) is 5.75 Å². The Morgan fingerprint density at radius 2 is 1.52 bits per heavy atom. The van der Waals surface area contributed by atoms with Crippen molar-refractivity contribution in [2.24, 2.45) is 5.10 Å². The van der Waals surface area contributed by atoms with Gasteiger partial charge in [-0.15, -0.1) is 0 Å². The van der Waals surface area contributed by atoms with E-state index >= 15 is 0 Å². The van der Waals surface area contributed by atoms with Crippen LogP contribution in [0.15, 0.2) is 71.8 Å². The normalized spacial score (nSPS) is 10.5. The molecule has 0 aliphatic rings. The molecule has 3 aromatic carbocycles. The third kappa shape index (κ3) is 5.69. The first-order valence-electron chi connectivity index (χ1n) is 9.03. The van der Waals surface area contributed by atoms with Gasteiger partial charge >= 0.3 is 5.69 Å². The lowest BCUT2D eigenvalue weighted by molar-refractivity contribution is -0.394. The molecule has 0 saturated carbocycles. The zero-order valence-electron chi connectivity index (χ0n) is 16.5. The van der Waals surface area contributed by atoms with E-state index < -0.39 is 32.1 Å². The van der Waals surface area contributed by atoms with Crippen molar-refractivity contribution in [2.75, 3.05) is 0 Å². The van der Waals surface area contributed by atoms with Crippen molar-refractivity contribution in [2.45, 2.75) is 0 Å². The molecule has 1 amide bonds. The van der Waals surface area contributed by atoms with Crippen LogP contribution < -0.4 is 10.2 Å². The molecule has 0 aromatic heterocycles. The number of non-ortho nitro benzene ring substituents is 2. The van der Waals surface area contributed by atoms with Crippen molar-refractivity contribution in [1.82, 2.24) is 5.43 Å². The van der Waals surface area contributed by atoms with E-state index in [-0.39, 0.29) is 22.7 Å². The molecule has 13 heteroatoms. The van der Waals surface area contributed by atoms with E-state index in [1.54, 1.807) is 12.1 Å². The number of hydrazone groups is 1. The zero-order chi connectivity index (χ0) is 24.0. The molecule has 13 nitrogen and oxygen atoms in total. The van der Waals surface area contributed by atoms with Crippen LogP contribution in [-0.2, 0) is 0 Å². The summed E-state index contributed by atoms with van der Waals surface area (Å²) in [5.74, 6) is -0.582. The molecular weight excluding hydrogens is 438 g/mol. The van der Waals surface area contributed by atoms with E-state index in [0.29, 0.717) is 5.56 Å². The Balaban J connectivity index is 1.66. The average Bonchev–Trinajstić information content (AvgIpc) is 2.80. The molecule has 0 heterocycles. The fourth-order valence-electron chi connectivity index (χ4n) is 2.59. The van der Waals surface area contributed by atoms with Crippen LogP contribution in [0.1, 0.15) is 15.9 Å². The minimum Gasteiger partial charge on any atom is -0.450 e. The van der Waals surface area contributed by atoms with E-state index in [4.69, 9.17) is 4.74 Å². The van der Waals surface area contributed by atoms with Crippen LogP contribution in [-0.4, -0.2) is 26.9 Å². The summed E-state index contributed by atoms with van der Waals surface area (Å²) in [6, 6.07) is 14.3. The molecule has 0 spiro atoms. The first kappa shape index (κ1) is 22.5. The van der Waals surface area contributed by atoms with Crippen LogP contribution in [0.25, 0.3) is 0 Å². The Hall–Kier alpha value is -5.20. The van der Waals surface area contributed by atoms with Crippen molar-refractivity contribution >= 4 is 29.2 Å². The van der Waals surface area contributed by atoms with Crippen molar-refractivity contribution in [3.63, 3.8) is 0 Å². The lowest BCUT2D eigenvalue weighted by Gasteiger charge is -2.06. The van der Waals surface area contributed by atoms with E-state index in [1.165, 1.54) is 36.5 Å². The number of carbonyl (C=O) groups is 1. The van der Waals surface area contributed by atoms with Gasteiger partial charge in [-0.1, -0.05) is 6.07 Å². The Bertz CT molecular complexity index is 1270. The standard InChI is InChI=1S/C20H13N5O8/c26-20(14-2-1-3-15(10-14)23(27)28)22-21-12-13-4-7-17(8-5-13)33-19-9-6-16(24(29)30)11-18(19)25(31)32/h1-12H,(H,22,26)/b21-12+. The molecule has 0 aliphatic heterocycles. The highest BCUT2D eigenvalue weighted by atomic mass is 16.6. The molecule has 166 valence electrons. The van der Waals surface area contributed by atoms with Gasteiger partial charge < -0.3 is 4.74 Å². The number of hydrogen-bond donors (Lipinski definition) is 1. The van der Waals surface area contributed by atoms with Gasteiger partial charge in [0.15, 0.2) is 0 Å². The monoisotopic (exact) mass is 451 g/mol. The highest BCUT2D eigenvalue weighted by Gasteiger charge is 2.21. The van der Waals surface area contributed by atoms with Gasteiger partial charge in [0.1, 0.15) is 5.75 Å². The molecule has 33 heavy (non-hydrogen) atoms. The molecule has 3 aromatic rings. The molecule has 3 rings (SSSR count). The Morgan fingerprint density at radius 1 is 0.848 bits per heavy atom.